The topological polar surface area (TPSA) is 58.6 Å². The van der Waals surface area contributed by atoms with E-state index in [0.29, 0.717) is 21.5 Å². The quantitative estimate of drug-likeness (QED) is 0.406. The number of nitrogens with one attached hydrogen (secondary N) is 1. The molecule has 0 bridgehead atoms. The number of hydrogen-bond donors (Lipinski definition) is 1. The lowest BCUT2D eigenvalue weighted by atomic mass is 10.2. The second kappa shape index (κ2) is 10.3. The summed E-state index contributed by atoms with van der Waals surface area (Å²) in [6.07, 6.45) is 1.78. The third kappa shape index (κ3) is 5.43. The van der Waals surface area contributed by atoms with Gasteiger partial charge < -0.3 is 10.1 Å². The Labute approximate surface area is 196 Å². The molecule has 5 nitrogen and oxygen atoms in total. The first-order valence-electron chi connectivity index (χ1n) is 9.96. The van der Waals surface area contributed by atoms with Crippen LogP contribution < -0.4 is 15.0 Å². The molecule has 0 atom stereocenters. The summed E-state index contributed by atoms with van der Waals surface area (Å²) in [5.74, 6) is 0.188. The molecular weight excluding hydrogens is 440 g/mol. The highest BCUT2D eigenvalue weighted by molar-refractivity contribution is 8.27. The number of thiocarbonyl (C=S) groups is 1. The van der Waals surface area contributed by atoms with E-state index in [1.807, 2.05) is 72.8 Å². The normalized spacial score (nSPS) is 14.6. The van der Waals surface area contributed by atoms with Gasteiger partial charge in [-0.2, -0.15) is 0 Å². The Morgan fingerprint density at radius 1 is 1.00 bits per heavy atom. The van der Waals surface area contributed by atoms with Crippen LogP contribution in [0.3, 0.4) is 0 Å². The zero-order chi connectivity index (χ0) is 22.3. The van der Waals surface area contributed by atoms with Crippen LogP contribution in [0.4, 0.5) is 5.69 Å². The molecule has 32 heavy (non-hydrogen) atoms. The average Bonchev–Trinajstić information content (AvgIpc) is 3.10. The molecule has 0 spiro atoms. The number of carbonyl (C=O) groups excluding carboxylic acids is 2. The summed E-state index contributed by atoms with van der Waals surface area (Å²) >= 11 is 6.67. The molecule has 1 aliphatic heterocycles. The highest BCUT2D eigenvalue weighted by Crippen LogP contribution is 2.36. The molecule has 0 aliphatic carbocycles. The highest BCUT2D eigenvalue weighted by atomic mass is 32.2. The maximum Gasteiger partial charge on any atom is 0.270 e. The Morgan fingerprint density at radius 3 is 2.47 bits per heavy atom. The fourth-order valence-electron chi connectivity index (χ4n) is 3.11. The van der Waals surface area contributed by atoms with E-state index in [-0.39, 0.29) is 18.4 Å². The second-order valence-corrected chi connectivity index (χ2v) is 8.65. The minimum absolute atomic E-state index is 0.0909. The molecule has 0 aromatic heterocycles. The van der Waals surface area contributed by atoms with E-state index >= 15 is 0 Å². The molecule has 1 heterocycles. The minimum atomic E-state index is -0.206. The Hall–Kier alpha value is -3.42. The summed E-state index contributed by atoms with van der Waals surface area (Å²) in [7, 11) is 0. The molecule has 4 rings (SSSR count). The number of benzene rings is 3. The summed E-state index contributed by atoms with van der Waals surface area (Å²) in [6.45, 7) is 0.360. The standard InChI is InChI=1S/C25H20N2O3S2/c28-23(26-16-18-8-3-1-4-9-18)17-30-21-13-7-10-19(14-21)15-22-24(29)27(25(31)32-22)20-11-5-2-6-12-20/h1-15H,16-17H2,(H,26,28)/b22-15-. The predicted octanol–water partition coefficient (Wildman–Crippen LogP) is 4.79. The van der Waals surface area contributed by atoms with Crippen LogP contribution in [0.2, 0.25) is 0 Å². The molecule has 3 aromatic rings. The van der Waals surface area contributed by atoms with E-state index in [4.69, 9.17) is 17.0 Å². The van der Waals surface area contributed by atoms with Crippen LogP contribution in [0.25, 0.3) is 6.08 Å². The first-order valence-corrected chi connectivity index (χ1v) is 11.2. The van der Waals surface area contributed by atoms with Crippen molar-refractivity contribution in [1.82, 2.24) is 5.32 Å². The molecule has 1 aliphatic rings. The lowest BCUT2D eigenvalue weighted by Gasteiger charge is -2.13. The molecule has 3 aromatic carbocycles. The van der Waals surface area contributed by atoms with E-state index in [9.17, 15) is 9.59 Å². The van der Waals surface area contributed by atoms with Crippen LogP contribution in [-0.2, 0) is 16.1 Å². The third-order valence-corrected chi connectivity index (χ3v) is 5.97. The van der Waals surface area contributed by atoms with Crippen LogP contribution >= 0.6 is 24.0 Å². The first kappa shape index (κ1) is 21.8. The van der Waals surface area contributed by atoms with Gasteiger partial charge in [-0.25, -0.2) is 0 Å². The van der Waals surface area contributed by atoms with E-state index in [2.05, 4.69) is 5.32 Å². The molecule has 0 unspecified atom stereocenters. The summed E-state index contributed by atoms with van der Waals surface area (Å²) in [5.41, 5.74) is 2.56. The SMILES string of the molecule is O=C(COc1cccc(/C=C2\SC(=S)N(c3ccccc3)C2=O)c1)NCc1ccccc1. The molecule has 160 valence electrons. The zero-order valence-electron chi connectivity index (χ0n) is 17.1. The van der Waals surface area contributed by atoms with E-state index in [0.717, 1.165) is 16.8 Å². The van der Waals surface area contributed by atoms with Gasteiger partial charge in [0, 0.05) is 6.54 Å². The maximum absolute atomic E-state index is 12.9. The van der Waals surface area contributed by atoms with Gasteiger partial charge in [-0.15, -0.1) is 0 Å². The molecular formula is C25H20N2O3S2. The summed E-state index contributed by atoms with van der Waals surface area (Å²) in [6, 6.07) is 26.3. The average molecular weight is 461 g/mol. The minimum Gasteiger partial charge on any atom is -0.484 e. The number of hydrogen-bond acceptors (Lipinski definition) is 5. The summed E-state index contributed by atoms with van der Waals surface area (Å²) in [5, 5.41) is 2.83. The molecule has 7 heteroatoms. The Balaban J connectivity index is 1.37. The molecule has 1 saturated heterocycles. The summed E-state index contributed by atoms with van der Waals surface area (Å²) < 4.78 is 6.13. The Bertz CT molecular complexity index is 1160. The highest BCUT2D eigenvalue weighted by Gasteiger charge is 2.33. The molecule has 0 radical (unpaired) electrons. The Kier molecular flexibility index (Phi) is 6.99. The van der Waals surface area contributed by atoms with Gasteiger partial charge in [0.1, 0.15) is 5.75 Å². The maximum atomic E-state index is 12.9. The Morgan fingerprint density at radius 2 is 1.72 bits per heavy atom. The van der Waals surface area contributed by atoms with Gasteiger partial charge in [0.25, 0.3) is 11.8 Å². The van der Waals surface area contributed by atoms with Gasteiger partial charge >= 0.3 is 0 Å². The largest absolute Gasteiger partial charge is 0.484 e. The van der Waals surface area contributed by atoms with Crippen LogP contribution in [0.1, 0.15) is 11.1 Å². The molecule has 1 N–H and O–H groups in total. The first-order chi connectivity index (χ1) is 15.6. The van der Waals surface area contributed by atoms with Crippen molar-refractivity contribution in [2.45, 2.75) is 6.54 Å². The molecule has 1 fully saturated rings. The van der Waals surface area contributed by atoms with Crippen molar-refractivity contribution in [1.29, 1.82) is 0 Å². The van der Waals surface area contributed by atoms with E-state index in [1.165, 1.54) is 16.7 Å². The number of thioether (sulfide) groups is 1. The fraction of sp³-hybridized carbons (Fsp3) is 0.0800. The van der Waals surface area contributed by atoms with Crippen molar-refractivity contribution in [2.24, 2.45) is 0 Å². The van der Waals surface area contributed by atoms with Crippen LogP contribution in [0, 0.1) is 0 Å². The lowest BCUT2D eigenvalue weighted by Crippen LogP contribution is -2.28. The van der Waals surface area contributed by atoms with Gasteiger partial charge in [-0.1, -0.05) is 84.6 Å². The van der Waals surface area contributed by atoms with Crippen molar-refractivity contribution >= 4 is 51.9 Å². The number of anilines is 1. The summed E-state index contributed by atoms with van der Waals surface area (Å²) in [4.78, 5) is 27.0. The van der Waals surface area contributed by atoms with Crippen LogP contribution in [0.5, 0.6) is 5.75 Å². The van der Waals surface area contributed by atoms with Gasteiger partial charge in [0.05, 0.1) is 10.6 Å². The van der Waals surface area contributed by atoms with Gasteiger partial charge in [-0.3, -0.25) is 14.5 Å². The van der Waals surface area contributed by atoms with Crippen molar-refractivity contribution < 1.29 is 14.3 Å². The molecule has 2 amide bonds. The van der Waals surface area contributed by atoms with Crippen LogP contribution in [0.15, 0.2) is 89.8 Å². The predicted molar refractivity (Wildman–Crippen MR) is 132 cm³/mol. The second-order valence-electron chi connectivity index (χ2n) is 6.98. The monoisotopic (exact) mass is 460 g/mol. The number of rotatable bonds is 7. The number of nitrogens with zero attached hydrogens (tertiary/aromatic N) is 1. The number of amides is 2. The van der Waals surface area contributed by atoms with Crippen LogP contribution in [-0.4, -0.2) is 22.7 Å². The van der Waals surface area contributed by atoms with Crippen molar-refractivity contribution in [3.8, 4) is 5.75 Å². The van der Waals surface area contributed by atoms with Gasteiger partial charge in [0.2, 0.25) is 0 Å². The van der Waals surface area contributed by atoms with E-state index < -0.39 is 0 Å². The van der Waals surface area contributed by atoms with Gasteiger partial charge in [-0.05, 0) is 41.5 Å². The third-order valence-electron chi connectivity index (χ3n) is 4.67. The van der Waals surface area contributed by atoms with Crippen molar-refractivity contribution in [2.75, 3.05) is 11.5 Å². The molecule has 0 saturated carbocycles. The smallest absolute Gasteiger partial charge is 0.270 e. The number of carbonyl (C=O) groups is 2. The van der Waals surface area contributed by atoms with Gasteiger partial charge in [0.15, 0.2) is 10.9 Å². The van der Waals surface area contributed by atoms with Crippen molar-refractivity contribution in [3.63, 3.8) is 0 Å². The van der Waals surface area contributed by atoms with E-state index in [1.54, 1.807) is 18.2 Å². The lowest BCUT2D eigenvalue weighted by molar-refractivity contribution is -0.123. The van der Waals surface area contributed by atoms with Crippen molar-refractivity contribution in [3.05, 3.63) is 101 Å². The number of ether oxygens (including phenoxy) is 1. The fourth-order valence-corrected chi connectivity index (χ4v) is 4.41. The number of para-hydroxylation sites is 1. The zero-order valence-corrected chi connectivity index (χ0v) is 18.7.